The van der Waals surface area contributed by atoms with Gasteiger partial charge in [-0.25, -0.2) is 0 Å². The molecule has 1 N–H and O–H groups in total. The Bertz CT molecular complexity index is 3640. The smallest absolute Gasteiger partial charge is 0.303 e. The van der Waals surface area contributed by atoms with Crippen LogP contribution in [0.4, 0.5) is 0 Å². The first-order chi connectivity index (χ1) is 61.1. The van der Waals surface area contributed by atoms with Gasteiger partial charge >= 0.3 is 101 Å². The third kappa shape index (κ3) is 79.2. The predicted molar refractivity (Wildman–Crippen MR) is 482 cm³/mol. The number of hydrogen-bond acceptors (Lipinski definition) is 35. The largest absolute Gasteiger partial charge is 0.481 e. The fraction of sp³-hybridized carbons (Fsp3) is 0.729. The lowest BCUT2D eigenvalue weighted by molar-refractivity contribution is -0.164. The Morgan fingerprint density at radius 3 is 0.568 bits per heavy atom. The summed E-state index contributed by atoms with van der Waals surface area (Å²) >= 11 is 0. The van der Waals surface area contributed by atoms with Gasteiger partial charge < -0.3 is 85.6 Å². The highest BCUT2D eigenvalue weighted by Gasteiger charge is 2.36. The molecular formula is C96H156O36. The molecule has 0 aliphatic rings. The van der Waals surface area contributed by atoms with E-state index in [1.807, 2.05) is 95.2 Å². The number of carboxylic acid groups (broad SMARTS) is 1. The van der Waals surface area contributed by atoms with Gasteiger partial charge in [-0.3, -0.25) is 86.3 Å². The van der Waals surface area contributed by atoms with Crippen molar-refractivity contribution in [3.05, 3.63) is 48.6 Å². The first-order valence-corrected chi connectivity index (χ1v) is 44.9. The second kappa shape index (κ2) is 72.0. The van der Waals surface area contributed by atoms with Crippen LogP contribution in [0.2, 0.25) is 0 Å². The van der Waals surface area contributed by atoms with Crippen molar-refractivity contribution in [2.75, 3.05) is 0 Å². The first kappa shape index (κ1) is 128. The molecule has 0 rings (SSSR count). The zero-order valence-corrected chi connectivity index (χ0v) is 83.7. The summed E-state index contributed by atoms with van der Waals surface area (Å²) in [7, 11) is 0. The Hall–Kier alpha value is -10.6. The van der Waals surface area contributed by atoms with Crippen LogP contribution in [-0.2, 0) is 167 Å². The molecule has 0 amide bonds. The van der Waals surface area contributed by atoms with Crippen LogP contribution in [0.15, 0.2) is 48.6 Å². The highest BCUT2D eigenvalue weighted by atomic mass is 16.6. The highest BCUT2D eigenvalue weighted by molar-refractivity contribution is 5.72. The Morgan fingerprint density at radius 2 is 0.356 bits per heavy atom. The number of ether oxygens (including phenoxy) is 17. The Balaban J connectivity index is -0.000000919. The van der Waals surface area contributed by atoms with Crippen molar-refractivity contribution in [1.82, 2.24) is 0 Å². The van der Waals surface area contributed by atoms with Gasteiger partial charge in [0, 0.05) is 215 Å². The van der Waals surface area contributed by atoms with Crippen molar-refractivity contribution in [2.45, 2.75) is 421 Å². The van der Waals surface area contributed by atoms with Gasteiger partial charge in [-0.15, -0.1) is 0 Å². The fourth-order valence-corrected chi connectivity index (χ4v) is 13.8. The number of carbonyl (C=O) groups is 18. The molecule has 0 aliphatic carbocycles. The van der Waals surface area contributed by atoms with Gasteiger partial charge in [-0.2, -0.15) is 0 Å². The van der Waals surface area contributed by atoms with Crippen molar-refractivity contribution in [3.63, 3.8) is 0 Å². The van der Waals surface area contributed by atoms with Gasteiger partial charge in [0.2, 0.25) is 0 Å². The van der Waals surface area contributed by atoms with Crippen LogP contribution in [0.25, 0.3) is 0 Å². The van der Waals surface area contributed by atoms with Crippen molar-refractivity contribution in [3.8, 4) is 0 Å². The van der Waals surface area contributed by atoms with Crippen molar-refractivity contribution >= 4 is 107 Å². The predicted octanol–water partition coefficient (Wildman–Crippen LogP) is 14.7. The quantitative estimate of drug-likeness (QED) is 0.0256. The van der Waals surface area contributed by atoms with Crippen LogP contribution in [0.3, 0.4) is 0 Å². The van der Waals surface area contributed by atoms with E-state index < -0.39 is 187 Å². The van der Waals surface area contributed by atoms with Crippen molar-refractivity contribution < 1.29 is 172 Å². The number of carboxylic acids is 1. The van der Waals surface area contributed by atoms with E-state index >= 15 is 0 Å². The molecule has 0 aromatic carbocycles. The first-order valence-electron chi connectivity index (χ1n) is 44.9. The zero-order valence-electron chi connectivity index (χ0n) is 83.7. The molecule has 0 aliphatic heterocycles. The lowest BCUT2D eigenvalue weighted by Crippen LogP contribution is -2.37. The molecule has 0 saturated heterocycles. The number of aliphatic carboxylic acids is 1. The molecule has 132 heavy (non-hydrogen) atoms. The minimum absolute atomic E-state index is 0.0143. The Morgan fingerprint density at radius 1 is 0.189 bits per heavy atom. The maximum absolute atomic E-state index is 12.2. The van der Waals surface area contributed by atoms with E-state index in [1.165, 1.54) is 118 Å². The number of hydrogen-bond donors (Lipinski definition) is 1. The lowest BCUT2D eigenvalue weighted by atomic mass is 9.93. The average Bonchev–Trinajstić information content (AvgIpc) is 0.870. The second-order valence-electron chi connectivity index (χ2n) is 34.6. The average molecular weight is 1890 g/mol. The van der Waals surface area contributed by atoms with Crippen molar-refractivity contribution in [2.24, 2.45) is 35.5 Å². The molecule has 756 valence electrons. The normalized spacial score (nSPS) is 15.2. The summed E-state index contributed by atoms with van der Waals surface area (Å²) in [4.78, 5) is 210. The third-order valence-corrected chi connectivity index (χ3v) is 18.1. The van der Waals surface area contributed by atoms with E-state index in [9.17, 15) is 81.5 Å². The molecule has 0 fully saturated rings. The molecule has 0 bridgehead atoms. The SMILES string of the molecule is CC(=O)O.CC(=O)OC(/C=C/C=C/C=C/CC(CC(OC(C)=O)C(C)C)OC(C)=O)CC(CC(C)C)OC(C)=O.CC(=O)OC(/C=C/CC(CC(OC(C)=O)C(C)C)OC(C)=O)CC(CC(CC(CC(C)C)OC(C)=O)OC(C)=O)OC(C)=O.CC(=O)OC(CC(C)C)CC(CC(CC(CC(CC(CC(OC(C)=O)C(C)C)OC(C)=O)OC(C)=O)OC(C)=O)OC(C)=O)OC(C)=O. The summed E-state index contributed by atoms with van der Waals surface area (Å²) in [5.41, 5.74) is 0. The minimum Gasteiger partial charge on any atom is -0.481 e. The lowest BCUT2D eigenvalue weighted by Gasteiger charge is -2.31. The van der Waals surface area contributed by atoms with E-state index in [1.54, 1.807) is 36.5 Å². The number of rotatable bonds is 58. The molecule has 0 heterocycles. The van der Waals surface area contributed by atoms with Gasteiger partial charge in [0.1, 0.15) is 104 Å². The van der Waals surface area contributed by atoms with Gasteiger partial charge in [-0.05, 0) is 66.9 Å². The van der Waals surface area contributed by atoms with Crippen LogP contribution in [-0.4, -0.2) is 216 Å². The standard InChI is InChI=1S/C34H56O14.C32H52O12.C28H44O8.C2H4O2/c1-19(2)12-28(42-21(5)35)13-29(43-22(6)36)14-30(44-23(7)37)15-31(45-24(8)38)16-32(46-25(9)39)17-33(47-26(10)40)18-34(20(3)4)48-27(11)41;1-19(2)14-29(41-23(7)35)16-31(43-25(9)37)17-30(42-24(8)36)15-27(39-21(5)33)12-11-13-28(40-22(6)34)18-32(20(3)4)44-26(10)38;1-19(2)16-27(35-23(7)31)17-25(33-21(5)29)14-12-10-9-11-13-15-26(34-22(6)30)18-28(20(3)4)36-24(8)32;1-2(3)4/h19-20,28-34H,12-18H2,1-11H3;11-12,19-20,27-32H,13-18H2,1-10H3;9-14,19-20,25-28H,15-18H2,1-8H3;1H3,(H,3,4)/b;12-11+;10-9+,13-11+,14-12+;. The van der Waals surface area contributed by atoms with E-state index in [4.69, 9.17) is 90.4 Å². The molecule has 0 radical (unpaired) electrons. The van der Waals surface area contributed by atoms with Crippen molar-refractivity contribution in [1.29, 1.82) is 0 Å². The maximum atomic E-state index is 12.2. The maximum Gasteiger partial charge on any atom is 0.303 e. The van der Waals surface area contributed by atoms with Crippen LogP contribution >= 0.6 is 0 Å². The molecule has 17 unspecified atom stereocenters. The molecular weight excluding hydrogens is 1730 g/mol. The van der Waals surface area contributed by atoms with Crippen LogP contribution in [0.5, 0.6) is 0 Å². The summed E-state index contributed by atoms with van der Waals surface area (Å²) in [6.07, 6.45) is 6.46. The summed E-state index contributed by atoms with van der Waals surface area (Å²) in [6.45, 7) is 46.0. The topological polar surface area (TPSA) is 484 Å². The van der Waals surface area contributed by atoms with Gasteiger partial charge in [0.05, 0.1) is 0 Å². The highest BCUT2D eigenvalue weighted by Crippen LogP contribution is 2.30. The summed E-state index contributed by atoms with van der Waals surface area (Å²) in [5.74, 6) is -8.99. The summed E-state index contributed by atoms with van der Waals surface area (Å²) in [5, 5.41) is 7.42. The third-order valence-electron chi connectivity index (χ3n) is 18.1. The molecule has 0 aromatic rings. The summed E-state index contributed by atoms with van der Waals surface area (Å²) in [6, 6.07) is 0. The number of esters is 17. The molecule has 36 nitrogen and oxygen atoms in total. The van der Waals surface area contributed by atoms with Gasteiger partial charge in [0.15, 0.2) is 0 Å². The monoisotopic (exact) mass is 1890 g/mol. The fourth-order valence-electron chi connectivity index (χ4n) is 13.8. The van der Waals surface area contributed by atoms with E-state index in [0.717, 1.165) is 6.92 Å². The molecule has 0 spiro atoms. The zero-order chi connectivity index (χ0) is 102. The van der Waals surface area contributed by atoms with E-state index in [2.05, 4.69) is 0 Å². The Labute approximate surface area is 780 Å². The number of allylic oxidation sites excluding steroid dienone is 4. The van der Waals surface area contributed by atoms with Crippen LogP contribution in [0, 0.1) is 35.5 Å². The van der Waals surface area contributed by atoms with Gasteiger partial charge in [0.25, 0.3) is 5.97 Å². The molecule has 0 aromatic heterocycles. The Kier molecular flexibility index (Phi) is 69.7. The van der Waals surface area contributed by atoms with E-state index in [-0.39, 0.29) is 124 Å². The van der Waals surface area contributed by atoms with Gasteiger partial charge in [-0.1, -0.05) is 120 Å². The van der Waals surface area contributed by atoms with Crippen LogP contribution < -0.4 is 0 Å². The minimum atomic E-state index is -0.971. The van der Waals surface area contributed by atoms with Crippen LogP contribution in [0.1, 0.15) is 317 Å². The molecule has 17 atom stereocenters. The molecule has 36 heteroatoms. The molecule has 0 saturated carbocycles. The summed E-state index contributed by atoms with van der Waals surface area (Å²) < 4.78 is 93.0. The second-order valence-corrected chi connectivity index (χ2v) is 34.6. The van der Waals surface area contributed by atoms with E-state index in [0.29, 0.717) is 44.4 Å². The number of carbonyl (C=O) groups excluding carboxylic acids is 17.